The van der Waals surface area contributed by atoms with Gasteiger partial charge in [-0.3, -0.25) is 9.97 Å². The Morgan fingerprint density at radius 1 is 0.833 bits per heavy atom. The van der Waals surface area contributed by atoms with Crippen LogP contribution in [-0.2, 0) is 12.8 Å². The summed E-state index contributed by atoms with van der Waals surface area (Å²) in [4.78, 5) is 18.5. The summed E-state index contributed by atoms with van der Waals surface area (Å²) < 4.78 is 0. The van der Waals surface area contributed by atoms with Crippen LogP contribution in [0, 0.1) is 0 Å². The molecule has 0 unspecified atom stereocenters. The van der Waals surface area contributed by atoms with Crippen LogP contribution in [0.4, 0.5) is 0 Å². The lowest BCUT2D eigenvalue weighted by Gasteiger charge is -2.09. The van der Waals surface area contributed by atoms with E-state index in [0.29, 0.717) is 0 Å². The topological polar surface area (TPSA) is 46.0 Å². The van der Waals surface area contributed by atoms with Gasteiger partial charge in [0.05, 0.1) is 0 Å². The molecule has 0 atom stereocenters. The van der Waals surface area contributed by atoms with Gasteiger partial charge in [0.15, 0.2) is 0 Å². The average molecular weight is 260 g/mol. The number of aryl methyl sites for hydroxylation is 2. The van der Waals surface area contributed by atoms with Gasteiger partial charge in [-0.25, -0.2) is 0 Å². The van der Waals surface area contributed by atoms with Gasteiger partial charge in [-0.05, 0) is 49.4 Å². The zero-order valence-corrected chi connectivity index (χ0v) is 11.1. The quantitative estimate of drug-likeness (QED) is 0.812. The average Bonchev–Trinajstić information content (AvgIpc) is 2.45. The number of pyridine rings is 2. The molecule has 18 heavy (non-hydrogen) atoms. The monoisotopic (exact) mass is 260 g/mol. The zero-order chi connectivity index (χ0) is 12.6. The third-order valence-corrected chi connectivity index (χ3v) is 4.18. The number of hydrogen-bond acceptors (Lipinski definition) is 3. The number of hydrogen-bond donors (Lipinski definition) is 1. The molecular formula is C14H17N2OP. The Bertz CT molecular complexity index is 406. The van der Waals surface area contributed by atoms with Gasteiger partial charge in [0, 0.05) is 31.9 Å². The molecular weight excluding hydrogens is 243 g/mol. The summed E-state index contributed by atoms with van der Waals surface area (Å²) >= 11 is 0. The maximum Gasteiger partial charge on any atom is 0.0407 e. The highest BCUT2D eigenvalue weighted by atomic mass is 31.1. The molecule has 4 heteroatoms. The van der Waals surface area contributed by atoms with E-state index in [1.54, 1.807) is 12.4 Å². The van der Waals surface area contributed by atoms with Crippen LogP contribution >= 0.6 is 8.15 Å². The molecule has 0 radical (unpaired) electrons. The van der Waals surface area contributed by atoms with Crippen molar-refractivity contribution in [1.29, 1.82) is 0 Å². The van der Waals surface area contributed by atoms with Crippen molar-refractivity contribution in [3.8, 4) is 0 Å². The Morgan fingerprint density at radius 3 is 1.72 bits per heavy atom. The maximum atomic E-state index is 9.98. The van der Waals surface area contributed by atoms with Gasteiger partial charge < -0.3 is 4.89 Å². The van der Waals surface area contributed by atoms with E-state index < -0.39 is 8.15 Å². The van der Waals surface area contributed by atoms with Crippen LogP contribution in [0.25, 0.3) is 0 Å². The molecule has 0 bridgehead atoms. The highest BCUT2D eigenvalue weighted by molar-refractivity contribution is 7.51. The van der Waals surface area contributed by atoms with E-state index in [2.05, 4.69) is 9.97 Å². The van der Waals surface area contributed by atoms with Crippen molar-refractivity contribution in [2.45, 2.75) is 12.8 Å². The molecule has 0 saturated heterocycles. The predicted octanol–water partition coefficient (Wildman–Crippen LogP) is 2.65. The van der Waals surface area contributed by atoms with Crippen LogP contribution in [0.3, 0.4) is 0 Å². The van der Waals surface area contributed by atoms with E-state index in [0.717, 1.165) is 36.6 Å². The Balaban J connectivity index is 1.71. The number of rotatable bonds is 6. The van der Waals surface area contributed by atoms with Gasteiger partial charge in [-0.1, -0.05) is 12.1 Å². The molecule has 0 aliphatic heterocycles. The molecule has 2 heterocycles. The summed E-state index contributed by atoms with van der Waals surface area (Å²) in [6.45, 7) is 0. The van der Waals surface area contributed by atoms with E-state index >= 15 is 0 Å². The van der Waals surface area contributed by atoms with E-state index in [1.165, 1.54) is 0 Å². The molecule has 0 fully saturated rings. The smallest absolute Gasteiger partial charge is 0.0407 e. The van der Waals surface area contributed by atoms with Crippen molar-refractivity contribution >= 4 is 8.15 Å². The molecule has 0 amide bonds. The van der Waals surface area contributed by atoms with Crippen LogP contribution in [0.2, 0.25) is 0 Å². The lowest BCUT2D eigenvalue weighted by molar-refractivity contribution is 0.620. The van der Waals surface area contributed by atoms with E-state index in [-0.39, 0.29) is 0 Å². The fourth-order valence-electron chi connectivity index (χ4n) is 1.69. The van der Waals surface area contributed by atoms with E-state index in [9.17, 15) is 4.89 Å². The van der Waals surface area contributed by atoms with E-state index in [4.69, 9.17) is 0 Å². The summed E-state index contributed by atoms with van der Waals surface area (Å²) in [7, 11) is -0.908. The normalized spacial score (nSPS) is 10.8. The first-order valence-electron chi connectivity index (χ1n) is 6.08. The van der Waals surface area contributed by atoms with Crippen molar-refractivity contribution < 1.29 is 4.89 Å². The molecule has 3 nitrogen and oxygen atoms in total. The van der Waals surface area contributed by atoms with Gasteiger partial charge in [0.25, 0.3) is 0 Å². The molecule has 0 aromatic carbocycles. The summed E-state index contributed by atoms with van der Waals surface area (Å²) in [5.74, 6) is 0. The van der Waals surface area contributed by atoms with Gasteiger partial charge in [-0.15, -0.1) is 0 Å². The lowest BCUT2D eigenvalue weighted by atomic mass is 10.3. The van der Waals surface area contributed by atoms with Crippen molar-refractivity contribution in [1.82, 2.24) is 9.97 Å². The summed E-state index contributed by atoms with van der Waals surface area (Å²) in [6, 6.07) is 11.8. The van der Waals surface area contributed by atoms with Crippen molar-refractivity contribution in [2.75, 3.05) is 12.3 Å². The molecule has 2 rings (SSSR count). The minimum atomic E-state index is -0.908. The minimum absolute atomic E-state index is 0.819. The fraction of sp³-hybridized carbons (Fsp3) is 0.286. The molecule has 0 aliphatic carbocycles. The predicted molar refractivity (Wildman–Crippen MR) is 74.8 cm³/mol. The highest BCUT2D eigenvalue weighted by Gasteiger charge is 2.06. The van der Waals surface area contributed by atoms with Crippen molar-refractivity contribution in [2.24, 2.45) is 0 Å². The highest BCUT2D eigenvalue weighted by Crippen LogP contribution is 2.30. The summed E-state index contributed by atoms with van der Waals surface area (Å²) in [6.07, 6.45) is 6.93. The Labute approximate surface area is 109 Å². The van der Waals surface area contributed by atoms with Crippen LogP contribution < -0.4 is 0 Å². The third-order valence-electron chi connectivity index (χ3n) is 2.70. The molecule has 94 valence electrons. The van der Waals surface area contributed by atoms with Crippen LogP contribution in [0.15, 0.2) is 48.8 Å². The van der Waals surface area contributed by atoms with Gasteiger partial charge >= 0.3 is 0 Å². The summed E-state index contributed by atoms with van der Waals surface area (Å²) in [5.41, 5.74) is 2.11. The second-order valence-electron chi connectivity index (χ2n) is 4.10. The molecule has 0 spiro atoms. The van der Waals surface area contributed by atoms with Crippen LogP contribution in [-0.4, -0.2) is 27.2 Å². The molecule has 0 aliphatic rings. The number of nitrogens with zero attached hydrogens (tertiary/aromatic N) is 2. The van der Waals surface area contributed by atoms with Gasteiger partial charge in [-0.2, -0.15) is 0 Å². The van der Waals surface area contributed by atoms with Crippen molar-refractivity contribution in [3.05, 3.63) is 60.2 Å². The molecule has 1 N–H and O–H groups in total. The molecule has 2 aromatic rings. The second kappa shape index (κ2) is 7.20. The van der Waals surface area contributed by atoms with Crippen LogP contribution in [0.5, 0.6) is 0 Å². The number of aromatic nitrogens is 2. The van der Waals surface area contributed by atoms with Gasteiger partial charge in [0.1, 0.15) is 0 Å². The van der Waals surface area contributed by atoms with E-state index in [1.807, 2.05) is 36.4 Å². The first-order chi connectivity index (χ1) is 8.84. The maximum absolute atomic E-state index is 9.98. The first kappa shape index (κ1) is 13.1. The van der Waals surface area contributed by atoms with Gasteiger partial charge in [0.2, 0.25) is 0 Å². The Morgan fingerprint density at radius 2 is 1.33 bits per heavy atom. The molecule has 2 aromatic heterocycles. The van der Waals surface area contributed by atoms with Crippen molar-refractivity contribution in [3.63, 3.8) is 0 Å². The minimum Gasteiger partial charge on any atom is -0.374 e. The largest absolute Gasteiger partial charge is 0.374 e. The SMILES string of the molecule is OP(CCc1ccccn1)CCc1ccccn1. The first-order valence-corrected chi connectivity index (χ1v) is 7.75. The second-order valence-corrected chi connectivity index (χ2v) is 6.00. The summed E-state index contributed by atoms with van der Waals surface area (Å²) in [5, 5.41) is 0. The standard InChI is InChI=1S/C14H17N2OP/c17-18(11-7-13-5-1-3-9-15-13)12-8-14-6-2-4-10-16-14/h1-6,9-10,17H,7-8,11-12H2. The van der Waals surface area contributed by atoms with Crippen LogP contribution in [0.1, 0.15) is 11.4 Å². The fourth-order valence-corrected chi connectivity index (χ4v) is 2.89. The molecule has 0 saturated carbocycles. The Hall–Kier alpha value is -1.31. The third kappa shape index (κ3) is 4.52. The Kier molecular flexibility index (Phi) is 5.25. The lowest BCUT2D eigenvalue weighted by Crippen LogP contribution is -1.99. The zero-order valence-electron chi connectivity index (χ0n) is 10.2.